The van der Waals surface area contributed by atoms with Crippen molar-refractivity contribution in [2.75, 3.05) is 29.1 Å². The van der Waals surface area contributed by atoms with Gasteiger partial charge in [0.1, 0.15) is 0 Å². The molecule has 3 aromatic heterocycles. The number of carbonyl (C=O) groups excluding carboxylic acids is 1. The fourth-order valence-corrected chi connectivity index (χ4v) is 8.19. The summed E-state index contributed by atoms with van der Waals surface area (Å²) < 4.78 is 0. The van der Waals surface area contributed by atoms with E-state index in [1.165, 1.54) is 0 Å². The molecule has 0 fully saturated rings. The summed E-state index contributed by atoms with van der Waals surface area (Å²) in [5, 5.41) is 3.13. The van der Waals surface area contributed by atoms with E-state index in [9.17, 15) is 4.79 Å². The van der Waals surface area contributed by atoms with Crippen molar-refractivity contribution in [2.24, 2.45) is 11.5 Å². The molecule has 302 valence electrons. The first-order chi connectivity index (χ1) is 29.8. The zero-order valence-electron chi connectivity index (χ0n) is 33.5. The van der Waals surface area contributed by atoms with Gasteiger partial charge in [0.25, 0.3) is 0 Å². The number of para-hydroxylation sites is 4. The second-order valence-electron chi connectivity index (χ2n) is 15.2. The quantitative estimate of drug-likeness (QED) is 0.0491. The monoisotopic (exact) mass is 802 g/mol. The zero-order chi connectivity index (χ0) is 42.0. The lowest BCUT2D eigenvalue weighted by atomic mass is 10.0. The predicted octanol–water partition coefficient (Wildman–Crippen LogP) is 9.47. The van der Waals surface area contributed by atoms with Crippen LogP contribution in [0.3, 0.4) is 0 Å². The molecule has 11 nitrogen and oxygen atoms in total. The number of aromatic nitrogens is 4. The molecule has 5 heterocycles. The van der Waals surface area contributed by atoms with E-state index in [0.717, 1.165) is 85.1 Å². The van der Waals surface area contributed by atoms with Gasteiger partial charge in [0, 0.05) is 89.3 Å². The topological polar surface area (TPSA) is 217 Å². The summed E-state index contributed by atoms with van der Waals surface area (Å²) in [6.45, 7) is 0.546. The summed E-state index contributed by atoms with van der Waals surface area (Å²) >= 11 is 0. The molecule has 0 saturated heterocycles. The van der Waals surface area contributed by atoms with Crippen molar-refractivity contribution in [2.45, 2.75) is 25.3 Å². The number of hydrogen-bond donors (Lipinski definition) is 8. The minimum Gasteiger partial charge on any atom is -0.398 e. The maximum absolute atomic E-state index is 13.6. The van der Waals surface area contributed by atoms with E-state index in [1.807, 2.05) is 146 Å². The van der Waals surface area contributed by atoms with E-state index < -0.39 is 6.04 Å². The molecule has 1 atom stereocenters. The van der Waals surface area contributed by atoms with Gasteiger partial charge in [-0.05, 0) is 92.2 Å². The van der Waals surface area contributed by atoms with E-state index >= 15 is 0 Å². The normalized spacial score (nSPS) is 12.4. The van der Waals surface area contributed by atoms with Gasteiger partial charge in [0.2, 0.25) is 5.91 Å². The number of nitrogen functional groups attached to an aromatic ring is 3. The molecule has 1 unspecified atom stereocenters. The third-order valence-electron chi connectivity index (χ3n) is 11.2. The molecule has 0 aliphatic carbocycles. The average Bonchev–Trinajstić information content (AvgIpc) is 4.11. The number of carbonyl (C=O) groups is 1. The Balaban J connectivity index is 1.41. The van der Waals surface area contributed by atoms with Crippen molar-refractivity contribution in [3.8, 4) is 44.5 Å². The number of rotatable bonds is 10. The van der Waals surface area contributed by atoms with Gasteiger partial charge in [-0.15, -0.1) is 0 Å². The van der Waals surface area contributed by atoms with Crippen molar-refractivity contribution in [3.63, 3.8) is 0 Å². The lowest BCUT2D eigenvalue weighted by Crippen LogP contribution is -2.35. The number of aromatic amines is 2. The predicted molar refractivity (Wildman–Crippen MR) is 253 cm³/mol. The number of fused-ring (bicyclic) bond motifs is 8. The number of H-pyrrole nitrogens is 2. The lowest BCUT2D eigenvalue weighted by Gasteiger charge is -2.16. The van der Waals surface area contributed by atoms with Gasteiger partial charge in [-0.2, -0.15) is 0 Å². The molecule has 1 amide bonds. The zero-order valence-corrected chi connectivity index (χ0v) is 33.5. The van der Waals surface area contributed by atoms with Gasteiger partial charge >= 0.3 is 0 Å². The summed E-state index contributed by atoms with van der Waals surface area (Å²) in [7, 11) is 0. The molecule has 2 aliphatic rings. The second kappa shape index (κ2) is 16.5. The van der Waals surface area contributed by atoms with Gasteiger partial charge < -0.3 is 44.0 Å². The van der Waals surface area contributed by atoms with Gasteiger partial charge in [-0.3, -0.25) is 4.79 Å². The number of hydrogen-bond acceptors (Lipinski definition) is 8. The molecular formula is C50H46N10O. The Morgan fingerprint density at radius 1 is 0.508 bits per heavy atom. The van der Waals surface area contributed by atoms with Crippen LogP contribution in [0.25, 0.3) is 90.9 Å². The van der Waals surface area contributed by atoms with Gasteiger partial charge in [0.15, 0.2) is 0 Å². The number of unbranched alkanes of at least 4 members (excludes halogenated alkanes) is 1. The van der Waals surface area contributed by atoms with Crippen molar-refractivity contribution < 1.29 is 4.79 Å². The van der Waals surface area contributed by atoms with Crippen molar-refractivity contribution in [1.29, 1.82) is 0 Å². The molecule has 8 bridgehead atoms. The molecule has 7 aromatic rings. The Hall–Kier alpha value is -7.73. The first-order valence-corrected chi connectivity index (χ1v) is 20.4. The van der Waals surface area contributed by atoms with Crippen molar-refractivity contribution >= 4 is 75.0 Å². The third kappa shape index (κ3) is 7.44. The van der Waals surface area contributed by atoms with Crippen molar-refractivity contribution in [3.05, 3.63) is 144 Å². The molecule has 4 aromatic carbocycles. The number of benzene rings is 4. The van der Waals surface area contributed by atoms with Crippen LogP contribution >= 0.6 is 0 Å². The summed E-state index contributed by atoms with van der Waals surface area (Å²) in [6.07, 6.45) is 10.1. The van der Waals surface area contributed by atoms with Crippen LogP contribution < -0.4 is 34.0 Å². The smallest absolute Gasteiger partial charge is 0.241 e. The Kier molecular flexibility index (Phi) is 10.5. The molecule has 13 N–H and O–H groups in total. The molecule has 0 radical (unpaired) electrons. The maximum Gasteiger partial charge on any atom is 0.241 e. The highest BCUT2D eigenvalue weighted by atomic mass is 16.2. The van der Waals surface area contributed by atoms with Gasteiger partial charge in [-0.25, -0.2) is 9.97 Å². The standard InChI is InChI=1S/C50H46N10O/c51-28-10-9-18-36(55)50(61)60-37-19-8-4-14-32(37)49-44-26-24-42(58-44)47(30-12-2-6-16-34(30)53)40-22-20-38(56-40)46(29-11-1-5-15-33(29)52)39-21-23-41(57-39)48(43-25-27-45(49)59-43)31-13-3-7-17-35(31)54/h1-8,11-17,19-27,36,56,59H,9-10,18,28,51-55H2,(H,60,61). The minimum absolute atomic E-state index is 0.277. The molecule has 0 spiro atoms. The highest BCUT2D eigenvalue weighted by Gasteiger charge is 2.22. The van der Waals surface area contributed by atoms with Crippen LogP contribution in [0.1, 0.15) is 42.0 Å². The van der Waals surface area contributed by atoms with Crippen molar-refractivity contribution in [1.82, 2.24) is 19.9 Å². The van der Waals surface area contributed by atoms with Gasteiger partial charge in [0.05, 0.1) is 28.8 Å². The molecule has 0 saturated carbocycles. The SMILES string of the molecule is NCCCCC(N)C(=O)Nc1ccccc1-c1c2nc(c(-c3ccccc3N)c3ccc([nH]3)c(-c3ccccc3N)c3nc(c(-c4ccccc4N)c4ccc1[nH]4)C=C3)C=C2. The van der Waals surface area contributed by atoms with Crippen LogP contribution in [-0.4, -0.2) is 38.4 Å². The van der Waals surface area contributed by atoms with Crippen LogP contribution in [0.2, 0.25) is 0 Å². The number of anilines is 4. The first-order valence-electron chi connectivity index (χ1n) is 20.4. The number of nitrogens with one attached hydrogen (secondary N) is 3. The molecule has 2 aliphatic heterocycles. The van der Waals surface area contributed by atoms with E-state index in [4.69, 9.17) is 38.6 Å². The fourth-order valence-electron chi connectivity index (χ4n) is 8.19. The van der Waals surface area contributed by atoms with Crippen LogP contribution in [0.15, 0.2) is 121 Å². The molecular weight excluding hydrogens is 757 g/mol. The largest absolute Gasteiger partial charge is 0.398 e. The maximum atomic E-state index is 13.6. The summed E-state index contributed by atoms with van der Waals surface area (Å²) in [4.78, 5) is 31.8. The number of nitrogens with two attached hydrogens (primary N) is 5. The fraction of sp³-hybridized carbons (Fsp3) is 0.100. The Labute approximate surface area is 353 Å². The van der Waals surface area contributed by atoms with Crippen LogP contribution in [-0.2, 0) is 4.79 Å². The number of amides is 1. The third-order valence-corrected chi connectivity index (χ3v) is 11.2. The van der Waals surface area contributed by atoms with E-state index in [2.05, 4.69) is 15.3 Å². The van der Waals surface area contributed by atoms with E-state index in [-0.39, 0.29) is 5.91 Å². The number of nitrogens with zero attached hydrogens (tertiary/aromatic N) is 2. The summed E-state index contributed by atoms with van der Waals surface area (Å²) in [5.41, 5.74) is 47.1. The highest BCUT2D eigenvalue weighted by molar-refractivity contribution is 6.05. The lowest BCUT2D eigenvalue weighted by molar-refractivity contribution is -0.117. The second-order valence-corrected chi connectivity index (χ2v) is 15.2. The van der Waals surface area contributed by atoms with Crippen LogP contribution in [0.4, 0.5) is 22.7 Å². The van der Waals surface area contributed by atoms with Crippen LogP contribution in [0, 0.1) is 0 Å². The molecule has 11 heteroatoms. The molecule has 61 heavy (non-hydrogen) atoms. The average molecular weight is 803 g/mol. The minimum atomic E-state index is -0.701. The highest BCUT2D eigenvalue weighted by Crippen LogP contribution is 2.42. The Morgan fingerprint density at radius 3 is 1.26 bits per heavy atom. The first kappa shape index (κ1) is 38.8. The molecule has 9 rings (SSSR count). The van der Waals surface area contributed by atoms with E-state index in [1.54, 1.807) is 0 Å². The summed E-state index contributed by atoms with van der Waals surface area (Å²) in [5.74, 6) is -0.277. The Morgan fingerprint density at radius 2 is 0.869 bits per heavy atom. The van der Waals surface area contributed by atoms with Gasteiger partial charge in [-0.1, -0.05) is 79.2 Å². The Bertz CT molecular complexity index is 3020. The summed E-state index contributed by atoms with van der Waals surface area (Å²) in [6, 6.07) is 38.5. The van der Waals surface area contributed by atoms with E-state index in [0.29, 0.717) is 52.8 Å². The van der Waals surface area contributed by atoms with Crippen LogP contribution in [0.5, 0.6) is 0 Å².